The Morgan fingerprint density at radius 2 is 1.88 bits per heavy atom. The highest BCUT2D eigenvalue weighted by atomic mass is 14.8. The van der Waals surface area contributed by atoms with E-state index in [4.69, 9.17) is 6.57 Å². The fourth-order valence-electron chi connectivity index (χ4n) is 4.66. The highest BCUT2D eigenvalue weighted by Crippen LogP contribution is 2.58. The van der Waals surface area contributed by atoms with Crippen molar-refractivity contribution in [2.24, 2.45) is 17.3 Å². The third-order valence-electron chi connectivity index (χ3n) is 5.41. The van der Waals surface area contributed by atoms with Crippen molar-refractivity contribution in [3.8, 4) is 0 Å². The van der Waals surface area contributed by atoms with Gasteiger partial charge in [0.1, 0.15) is 0 Å². The molecule has 4 atom stereocenters. The van der Waals surface area contributed by atoms with Crippen LogP contribution in [-0.4, -0.2) is 5.54 Å². The van der Waals surface area contributed by atoms with Crippen molar-refractivity contribution in [1.82, 2.24) is 0 Å². The largest absolute Gasteiger partial charge is 0.310 e. The standard InChI is InChI=1S/C16H25N/c1-12(2)13-8-6-9-15(3)10-7-11-16(4,17-5)14(13)15/h13-14H,1,6-11H2,2-4H3/t13?,14-,15+,16-/m1/s1. The van der Waals surface area contributed by atoms with Crippen LogP contribution in [0.5, 0.6) is 0 Å². The van der Waals surface area contributed by atoms with Gasteiger partial charge >= 0.3 is 0 Å². The van der Waals surface area contributed by atoms with Crippen LogP contribution in [0.1, 0.15) is 59.3 Å². The lowest BCUT2D eigenvalue weighted by molar-refractivity contribution is -0.00932. The van der Waals surface area contributed by atoms with E-state index in [9.17, 15) is 0 Å². The lowest BCUT2D eigenvalue weighted by atomic mass is 9.50. The van der Waals surface area contributed by atoms with Gasteiger partial charge in [0, 0.05) is 19.3 Å². The highest BCUT2D eigenvalue weighted by molar-refractivity contribution is 5.17. The first-order valence-corrected chi connectivity index (χ1v) is 6.97. The molecular weight excluding hydrogens is 206 g/mol. The van der Waals surface area contributed by atoms with Crippen molar-refractivity contribution in [3.63, 3.8) is 0 Å². The summed E-state index contributed by atoms with van der Waals surface area (Å²) in [7, 11) is 0. The predicted molar refractivity (Wildman–Crippen MR) is 72.6 cm³/mol. The van der Waals surface area contributed by atoms with Crippen LogP contribution >= 0.6 is 0 Å². The average Bonchev–Trinajstić information content (AvgIpc) is 2.27. The second kappa shape index (κ2) is 4.16. The minimum atomic E-state index is -0.142. The molecule has 0 amide bonds. The second-order valence-corrected chi connectivity index (χ2v) is 6.80. The molecule has 0 bridgehead atoms. The van der Waals surface area contributed by atoms with E-state index in [-0.39, 0.29) is 5.54 Å². The quantitative estimate of drug-likeness (QED) is 0.449. The number of hydrogen-bond acceptors (Lipinski definition) is 0. The van der Waals surface area contributed by atoms with E-state index < -0.39 is 0 Å². The van der Waals surface area contributed by atoms with Crippen LogP contribution in [0.3, 0.4) is 0 Å². The molecule has 1 heteroatoms. The van der Waals surface area contributed by atoms with Gasteiger partial charge in [0.15, 0.2) is 0 Å². The van der Waals surface area contributed by atoms with Crippen LogP contribution in [0, 0.1) is 23.8 Å². The minimum absolute atomic E-state index is 0.142. The Labute approximate surface area is 106 Å². The second-order valence-electron chi connectivity index (χ2n) is 6.80. The number of rotatable bonds is 1. The van der Waals surface area contributed by atoms with Gasteiger partial charge in [-0.25, -0.2) is 6.57 Å². The van der Waals surface area contributed by atoms with Crippen LogP contribution in [0.15, 0.2) is 12.2 Å². The fourth-order valence-corrected chi connectivity index (χ4v) is 4.66. The smallest absolute Gasteiger partial charge is 0.233 e. The molecule has 2 rings (SSSR count). The number of fused-ring (bicyclic) bond motifs is 1. The molecule has 2 fully saturated rings. The summed E-state index contributed by atoms with van der Waals surface area (Å²) in [4.78, 5) is 4.05. The Morgan fingerprint density at radius 3 is 2.47 bits per heavy atom. The molecule has 0 aromatic heterocycles. The normalized spacial score (nSPS) is 45.8. The molecule has 0 aliphatic heterocycles. The summed E-state index contributed by atoms with van der Waals surface area (Å²) in [6, 6.07) is 0. The summed E-state index contributed by atoms with van der Waals surface area (Å²) < 4.78 is 0. The summed E-state index contributed by atoms with van der Waals surface area (Å²) in [5, 5.41) is 0. The molecular formula is C16H25N. The zero-order chi connectivity index (χ0) is 12.7. The lowest BCUT2D eigenvalue weighted by Crippen LogP contribution is -2.52. The van der Waals surface area contributed by atoms with Crippen molar-refractivity contribution >= 4 is 0 Å². The van der Waals surface area contributed by atoms with Gasteiger partial charge < -0.3 is 4.85 Å². The summed E-state index contributed by atoms with van der Waals surface area (Å²) in [6.07, 6.45) is 7.51. The minimum Gasteiger partial charge on any atom is -0.310 e. The number of hydrogen-bond donors (Lipinski definition) is 0. The van der Waals surface area contributed by atoms with Gasteiger partial charge in [-0.05, 0) is 43.9 Å². The van der Waals surface area contributed by atoms with Crippen molar-refractivity contribution in [2.45, 2.75) is 64.8 Å². The lowest BCUT2D eigenvalue weighted by Gasteiger charge is -2.52. The van der Waals surface area contributed by atoms with E-state index in [2.05, 4.69) is 32.2 Å². The maximum absolute atomic E-state index is 7.63. The van der Waals surface area contributed by atoms with Gasteiger partial charge in [-0.1, -0.05) is 25.5 Å². The molecule has 0 aromatic carbocycles. The van der Waals surface area contributed by atoms with Crippen molar-refractivity contribution in [3.05, 3.63) is 23.6 Å². The summed E-state index contributed by atoms with van der Waals surface area (Å²) in [5.74, 6) is 1.11. The molecule has 2 aliphatic rings. The third-order valence-corrected chi connectivity index (χ3v) is 5.41. The molecule has 0 aromatic rings. The molecule has 2 saturated carbocycles. The van der Waals surface area contributed by atoms with E-state index in [0.717, 1.165) is 6.42 Å². The predicted octanol–water partition coefficient (Wildman–Crippen LogP) is 4.85. The van der Waals surface area contributed by atoms with E-state index in [0.29, 0.717) is 17.3 Å². The van der Waals surface area contributed by atoms with Crippen molar-refractivity contribution in [2.75, 3.05) is 0 Å². The van der Waals surface area contributed by atoms with Gasteiger partial charge in [0.25, 0.3) is 0 Å². The first-order valence-electron chi connectivity index (χ1n) is 6.97. The Kier molecular flexibility index (Phi) is 3.10. The van der Waals surface area contributed by atoms with Gasteiger partial charge in [-0.2, -0.15) is 0 Å². The highest BCUT2D eigenvalue weighted by Gasteiger charge is 2.57. The van der Waals surface area contributed by atoms with E-state index in [1.807, 2.05) is 0 Å². The Balaban J connectivity index is 2.42. The molecule has 0 N–H and O–H groups in total. The number of allylic oxidation sites excluding steroid dienone is 1. The Bertz CT molecular complexity index is 360. The van der Waals surface area contributed by atoms with Crippen molar-refractivity contribution < 1.29 is 0 Å². The molecule has 1 nitrogen and oxygen atoms in total. The molecule has 0 spiro atoms. The Hall–Kier alpha value is -0.770. The van der Waals surface area contributed by atoms with Crippen LogP contribution in [0.25, 0.3) is 4.85 Å². The van der Waals surface area contributed by atoms with Crippen LogP contribution in [0.2, 0.25) is 0 Å². The fraction of sp³-hybridized carbons (Fsp3) is 0.812. The first-order chi connectivity index (χ1) is 7.93. The molecule has 94 valence electrons. The monoisotopic (exact) mass is 231 g/mol. The molecule has 1 unspecified atom stereocenters. The molecule has 2 aliphatic carbocycles. The topological polar surface area (TPSA) is 4.36 Å². The van der Waals surface area contributed by atoms with E-state index >= 15 is 0 Å². The Morgan fingerprint density at radius 1 is 1.24 bits per heavy atom. The van der Waals surface area contributed by atoms with Crippen LogP contribution < -0.4 is 0 Å². The van der Waals surface area contributed by atoms with Crippen LogP contribution in [0.4, 0.5) is 0 Å². The molecule has 0 radical (unpaired) electrons. The summed E-state index contributed by atoms with van der Waals surface area (Å²) in [6.45, 7) is 18.6. The van der Waals surface area contributed by atoms with Gasteiger partial charge in [-0.15, -0.1) is 0 Å². The zero-order valence-corrected chi connectivity index (χ0v) is 11.6. The van der Waals surface area contributed by atoms with E-state index in [1.165, 1.54) is 37.7 Å². The zero-order valence-electron chi connectivity index (χ0n) is 11.6. The summed E-state index contributed by atoms with van der Waals surface area (Å²) in [5.41, 5.74) is 1.55. The summed E-state index contributed by atoms with van der Waals surface area (Å²) >= 11 is 0. The van der Waals surface area contributed by atoms with Gasteiger partial charge in [0.2, 0.25) is 5.54 Å². The van der Waals surface area contributed by atoms with Gasteiger partial charge in [0.05, 0.1) is 0 Å². The number of nitrogens with zero attached hydrogens (tertiary/aromatic N) is 1. The average molecular weight is 231 g/mol. The maximum atomic E-state index is 7.63. The SMILES string of the molecule is [C-]#[N+][C@]1(C)CCC[C@]2(C)CCCC(C(=C)C)[C@H]21. The molecule has 17 heavy (non-hydrogen) atoms. The van der Waals surface area contributed by atoms with E-state index in [1.54, 1.807) is 0 Å². The molecule has 0 saturated heterocycles. The van der Waals surface area contributed by atoms with Crippen LogP contribution in [-0.2, 0) is 0 Å². The maximum Gasteiger partial charge on any atom is 0.233 e. The molecule has 0 heterocycles. The first kappa shape index (κ1) is 12.7. The van der Waals surface area contributed by atoms with Crippen molar-refractivity contribution in [1.29, 1.82) is 0 Å². The van der Waals surface area contributed by atoms with Gasteiger partial charge in [-0.3, -0.25) is 0 Å². The third kappa shape index (κ3) is 1.92.